The lowest BCUT2D eigenvalue weighted by molar-refractivity contribution is 0.0980. The van der Waals surface area contributed by atoms with Crippen molar-refractivity contribution in [2.45, 2.75) is 6.04 Å². The molecule has 1 heterocycles. The van der Waals surface area contributed by atoms with Crippen LogP contribution in [0.5, 0.6) is 0 Å². The predicted molar refractivity (Wildman–Crippen MR) is 134 cm³/mol. The van der Waals surface area contributed by atoms with Gasteiger partial charge in [-0.2, -0.15) is 0 Å². The molecule has 1 atom stereocenters. The first-order valence-corrected chi connectivity index (χ1v) is 11.3. The van der Waals surface area contributed by atoms with Crippen LogP contribution in [0.1, 0.15) is 27.5 Å². The topological polar surface area (TPSA) is 36.1 Å². The third kappa shape index (κ3) is 3.85. The number of para-hydroxylation sites is 2. The van der Waals surface area contributed by atoms with Gasteiger partial charge in [0.05, 0.1) is 6.04 Å². The molecule has 0 saturated carbocycles. The Morgan fingerprint density at radius 2 is 1.38 bits per heavy atom. The standard InChI is InChI=1S/C28H21BrN2O/c29-22-17-15-21(16-18-22)28(32)31(23-11-5-2-6-12-23)27(20-9-3-1-4-10-20)25-19-30-26-14-8-7-13-24(25)26/h1-19,27,30H. The van der Waals surface area contributed by atoms with E-state index in [0.717, 1.165) is 32.2 Å². The third-order valence-electron chi connectivity index (χ3n) is 5.63. The smallest absolute Gasteiger partial charge is 0.259 e. The number of H-pyrrole nitrogens is 1. The van der Waals surface area contributed by atoms with Crippen molar-refractivity contribution < 1.29 is 4.79 Å². The monoisotopic (exact) mass is 480 g/mol. The molecule has 0 spiro atoms. The number of nitrogens with zero attached hydrogens (tertiary/aromatic N) is 1. The molecule has 5 aromatic rings. The Bertz CT molecular complexity index is 1340. The van der Waals surface area contributed by atoms with Crippen molar-refractivity contribution in [1.82, 2.24) is 4.98 Å². The molecule has 1 aromatic heterocycles. The maximum absolute atomic E-state index is 14.0. The Morgan fingerprint density at radius 3 is 2.09 bits per heavy atom. The fourth-order valence-corrected chi connectivity index (χ4v) is 4.39. The van der Waals surface area contributed by atoms with E-state index in [2.05, 4.69) is 45.2 Å². The zero-order valence-corrected chi connectivity index (χ0v) is 18.9. The van der Waals surface area contributed by atoms with Crippen molar-refractivity contribution >= 4 is 38.4 Å². The molecule has 156 valence electrons. The van der Waals surface area contributed by atoms with Crippen molar-refractivity contribution in [2.24, 2.45) is 0 Å². The maximum Gasteiger partial charge on any atom is 0.259 e. The molecule has 0 aliphatic carbocycles. The second-order valence-corrected chi connectivity index (χ2v) is 8.54. The molecule has 1 N–H and O–H groups in total. The summed E-state index contributed by atoms with van der Waals surface area (Å²) in [5.41, 5.74) is 4.64. The van der Waals surface area contributed by atoms with Crippen molar-refractivity contribution in [1.29, 1.82) is 0 Å². The summed E-state index contributed by atoms with van der Waals surface area (Å²) in [7, 11) is 0. The molecule has 0 saturated heterocycles. The summed E-state index contributed by atoms with van der Waals surface area (Å²) in [5.74, 6) is -0.0529. The zero-order valence-electron chi connectivity index (χ0n) is 17.3. The van der Waals surface area contributed by atoms with Crippen LogP contribution < -0.4 is 4.90 Å². The summed E-state index contributed by atoms with van der Waals surface area (Å²) >= 11 is 3.47. The predicted octanol–water partition coefficient (Wildman–Crippen LogP) is 7.37. The molecule has 1 unspecified atom stereocenters. The Morgan fingerprint density at radius 1 is 0.750 bits per heavy atom. The second kappa shape index (κ2) is 8.85. The molecule has 0 radical (unpaired) electrons. The molecular formula is C28H21BrN2O. The number of fused-ring (bicyclic) bond motifs is 1. The summed E-state index contributed by atoms with van der Waals surface area (Å²) < 4.78 is 0.941. The number of nitrogens with one attached hydrogen (secondary N) is 1. The molecule has 32 heavy (non-hydrogen) atoms. The van der Waals surface area contributed by atoms with Crippen LogP contribution in [0, 0.1) is 0 Å². The van der Waals surface area contributed by atoms with Crippen molar-refractivity contribution in [2.75, 3.05) is 4.90 Å². The van der Waals surface area contributed by atoms with Crippen LogP contribution in [0.3, 0.4) is 0 Å². The average molecular weight is 481 g/mol. The van der Waals surface area contributed by atoms with Crippen LogP contribution in [0.2, 0.25) is 0 Å². The molecule has 1 amide bonds. The number of hydrogen-bond donors (Lipinski definition) is 1. The van der Waals surface area contributed by atoms with Gasteiger partial charge in [-0.1, -0.05) is 82.7 Å². The number of anilines is 1. The van der Waals surface area contributed by atoms with Gasteiger partial charge in [-0.05, 0) is 48.0 Å². The van der Waals surface area contributed by atoms with E-state index in [1.165, 1.54) is 0 Å². The number of aromatic amines is 1. The molecular weight excluding hydrogens is 460 g/mol. The quantitative estimate of drug-likeness (QED) is 0.280. The lowest BCUT2D eigenvalue weighted by Gasteiger charge is -2.32. The number of halogens is 1. The molecule has 0 fully saturated rings. The fourth-order valence-electron chi connectivity index (χ4n) is 4.13. The Kier molecular flexibility index (Phi) is 5.61. The molecule has 0 bridgehead atoms. The van der Waals surface area contributed by atoms with Gasteiger partial charge in [0.1, 0.15) is 0 Å². The van der Waals surface area contributed by atoms with Crippen LogP contribution >= 0.6 is 15.9 Å². The maximum atomic E-state index is 14.0. The number of aromatic nitrogens is 1. The van der Waals surface area contributed by atoms with Crippen molar-refractivity contribution in [3.63, 3.8) is 0 Å². The first kappa shape index (κ1) is 20.3. The van der Waals surface area contributed by atoms with E-state index in [1.54, 1.807) is 0 Å². The van der Waals surface area contributed by atoms with E-state index in [4.69, 9.17) is 0 Å². The number of amides is 1. The van der Waals surface area contributed by atoms with Crippen molar-refractivity contribution in [3.05, 3.63) is 137 Å². The van der Waals surface area contributed by atoms with E-state index < -0.39 is 0 Å². The van der Waals surface area contributed by atoms with Gasteiger partial charge in [0, 0.05) is 38.4 Å². The Hall–Kier alpha value is -3.63. The number of rotatable bonds is 5. The van der Waals surface area contributed by atoms with Gasteiger partial charge in [-0.3, -0.25) is 9.69 Å². The number of carbonyl (C=O) groups excluding carboxylic acids is 1. The Balaban J connectivity index is 1.74. The highest BCUT2D eigenvalue weighted by Crippen LogP contribution is 2.37. The SMILES string of the molecule is O=C(c1ccc(Br)cc1)N(c1ccccc1)C(c1ccccc1)c1c[nH]c2ccccc12. The lowest BCUT2D eigenvalue weighted by Crippen LogP contribution is -2.35. The van der Waals surface area contributed by atoms with E-state index in [9.17, 15) is 4.79 Å². The number of hydrogen-bond acceptors (Lipinski definition) is 1. The van der Waals surface area contributed by atoms with Crippen LogP contribution in [0.15, 0.2) is 120 Å². The van der Waals surface area contributed by atoms with Gasteiger partial charge in [0.25, 0.3) is 5.91 Å². The van der Waals surface area contributed by atoms with Crippen LogP contribution in [-0.4, -0.2) is 10.9 Å². The van der Waals surface area contributed by atoms with Gasteiger partial charge >= 0.3 is 0 Å². The zero-order chi connectivity index (χ0) is 21.9. The van der Waals surface area contributed by atoms with Gasteiger partial charge in [0.15, 0.2) is 0 Å². The highest BCUT2D eigenvalue weighted by Gasteiger charge is 2.30. The minimum Gasteiger partial charge on any atom is -0.361 e. The first-order valence-electron chi connectivity index (χ1n) is 10.5. The van der Waals surface area contributed by atoms with E-state index in [0.29, 0.717) is 5.56 Å². The summed E-state index contributed by atoms with van der Waals surface area (Å²) in [6.45, 7) is 0. The summed E-state index contributed by atoms with van der Waals surface area (Å²) in [4.78, 5) is 19.3. The van der Waals surface area contributed by atoms with Crippen LogP contribution in [-0.2, 0) is 0 Å². The van der Waals surface area contributed by atoms with E-state index >= 15 is 0 Å². The molecule has 4 aromatic carbocycles. The highest BCUT2D eigenvalue weighted by atomic mass is 79.9. The normalized spacial score (nSPS) is 11.9. The minimum atomic E-state index is -0.300. The molecule has 5 rings (SSSR count). The molecule has 0 aliphatic heterocycles. The van der Waals surface area contributed by atoms with Crippen molar-refractivity contribution in [3.8, 4) is 0 Å². The second-order valence-electron chi connectivity index (χ2n) is 7.62. The first-order chi connectivity index (χ1) is 15.7. The largest absolute Gasteiger partial charge is 0.361 e. The van der Waals surface area contributed by atoms with Crippen LogP contribution in [0.4, 0.5) is 5.69 Å². The van der Waals surface area contributed by atoms with E-state index in [1.807, 2.05) is 96.0 Å². The van der Waals surface area contributed by atoms with Gasteiger partial charge in [-0.15, -0.1) is 0 Å². The van der Waals surface area contributed by atoms with Gasteiger partial charge in [0.2, 0.25) is 0 Å². The number of carbonyl (C=O) groups is 1. The van der Waals surface area contributed by atoms with Crippen LogP contribution in [0.25, 0.3) is 10.9 Å². The number of benzene rings is 4. The van der Waals surface area contributed by atoms with E-state index in [-0.39, 0.29) is 11.9 Å². The lowest BCUT2D eigenvalue weighted by atomic mass is 9.95. The Labute approximate surface area is 195 Å². The van der Waals surface area contributed by atoms with Gasteiger partial charge < -0.3 is 4.98 Å². The molecule has 4 heteroatoms. The van der Waals surface area contributed by atoms with Gasteiger partial charge in [-0.25, -0.2) is 0 Å². The minimum absolute atomic E-state index is 0.0529. The average Bonchev–Trinajstić information content (AvgIpc) is 3.27. The summed E-state index contributed by atoms with van der Waals surface area (Å²) in [6.07, 6.45) is 2.02. The molecule has 3 nitrogen and oxygen atoms in total. The fraction of sp³-hybridized carbons (Fsp3) is 0.0357. The highest BCUT2D eigenvalue weighted by molar-refractivity contribution is 9.10. The summed E-state index contributed by atoms with van der Waals surface area (Å²) in [6, 6.07) is 35.5. The summed E-state index contributed by atoms with van der Waals surface area (Å²) in [5, 5.41) is 1.10. The molecule has 0 aliphatic rings. The third-order valence-corrected chi connectivity index (χ3v) is 6.16.